The Bertz CT molecular complexity index is 719. The molecule has 0 aliphatic heterocycles. The lowest BCUT2D eigenvalue weighted by Crippen LogP contribution is -2.29. The van der Waals surface area contributed by atoms with Gasteiger partial charge >= 0.3 is 43.3 Å². The van der Waals surface area contributed by atoms with Gasteiger partial charge in [0.05, 0.1) is 0 Å². The fourth-order valence-corrected chi connectivity index (χ4v) is 0.0518. The second-order valence-electron chi connectivity index (χ2n) is 3.82. The number of nitrogens with zero attached hydrogens (tertiary/aromatic N) is 2. The van der Waals surface area contributed by atoms with Crippen molar-refractivity contribution in [2.24, 2.45) is 4.99 Å². The van der Waals surface area contributed by atoms with E-state index >= 15 is 0 Å². The van der Waals surface area contributed by atoms with Crippen molar-refractivity contribution < 1.29 is 96.8 Å². The zero-order chi connectivity index (χ0) is 32.9. The van der Waals surface area contributed by atoms with Crippen molar-refractivity contribution in [1.29, 1.82) is 5.26 Å². The lowest BCUT2D eigenvalue weighted by atomic mass is 10.5. The van der Waals surface area contributed by atoms with Crippen molar-refractivity contribution in [2.45, 2.75) is 29.7 Å². The van der Waals surface area contributed by atoms with Gasteiger partial charge in [-0.15, -0.1) is 35.1 Å². The molecular formula is C10HBBr2ClF21N2OS. The molecule has 0 amide bonds. The number of isocyanates is 1. The third kappa shape index (κ3) is 72.4. The normalized spacial score (nSPS) is 10.3. The smallest absolute Gasteiger partial charge is 0.254 e. The molecule has 0 atom stereocenters. The van der Waals surface area contributed by atoms with Gasteiger partial charge < -0.3 is 0 Å². The highest BCUT2D eigenvalue weighted by atomic mass is 79.9. The third-order valence-electron chi connectivity index (χ3n) is 0.986. The first kappa shape index (κ1) is 53.7. The fraction of sp³-hybridized carbons (Fsp3) is 0.500. The Morgan fingerprint density at radius 2 is 1.00 bits per heavy atom. The van der Waals surface area contributed by atoms with Gasteiger partial charge in [0.1, 0.15) is 0 Å². The summed E-state index contributed by atoms with van der Waals surface area (Å²) < 4.78 is 221. The Labute approximate surface area is 229 Å². The van der Waals surface area contributed by atoms with Gasteiger partial charge in [-0.25, -0.2) is 4.79 Å². The van der Waals surface area contributed by atoms with Crippen LogP contribution in [0.3, 0.4) is 0 Å². The summed E-state index contributed by atoms with van der Waals surface area (Å²) in [6.07, 6.45) is -21.9. The molecule has 0 heterocycles. The zero-order valence-corrected chi connectivity index (χ0v) is 21.3. The number of halogens is 24. The van der Waals surface area contributed by atoms with E-state index in [4.69, 9.17) is 10.1 Å². The number of thiocarbonyl (C=S) groups is 1. The van der Waals surface area contributed by atoms with Crippen LogP contribution in [0.1, 0.15) is 0 Å². The highest BCUT2D eigenvalue weighted by Crippen LogP contribution is 2.39. The molecule has 0 saturated carbocycles. The number of hydrogen-bond acceptors (Lipinski definition) is 4. The largest absolute Gasteiger partial charge is 0.762 e. The van der Waals surface area contributed by atoms with E-state index in [0.717, 1.165) is 15.9 Å². The number of carbonyl (C=O) groups excluding carboxylic acids is 1. The molecule has 3 nitrogen and oxygen atoms in total. The molecule has 0 aromatic rings. The summed E-state index contributed by atoms with van der Waals surface area (Å²) in [4.78, 5) is 5.51. The Morgan fingerprint density at radius 3 is 1.00 bits per heavy atom. The van der Waals surface area contributed by atoms with Crippen LogP contribution in [0.4, 0.5) is 92.0 Å². The molecule has 0 radical (unpaired) electrons. The maximum absolute atomic E-state index is 11.0. The predicted molar refractivity (Wildman–Crippen MR) is 101 cm³/mol. The number of nitriles is 1. The van der Waals surface area contributed by atoms with Gasteiger partial charge in [-0.05, 0) is 23.8 Å². The standard InChI is InChI=1S/C2BrF5.C2ClF3.C2F4S.C2F3NO.C2F3N.BF3.BrH/c3-1(4,5)2(6,7)8;3-1(4)2(5)6;3-1(7)2(4,5)6;3-2(4,5)6-1-7;3-2(4,5)1-6;2-1(3)4;/h;;;;;;1H. The fourth-order valence-electron chi connectivity index (χ4n) is 0.0518. The molecule has 29 heteroatoms. The van der Waals surface area contributed by atoms with E-state index in [0.29, 0.717) is 6.08 Å². The van der Waals surface area contributed by atoms with E-state index < -0.39 is 53.7 Å². The summed E-state index contributed by atoms with van der Waals surface area (Å²) in [6.45, 7) is 0. The van der Waals surface area contributed by atoms with E-state index in [1.807, 2.05) is 0 Å². The highest BCUT2D eigenvalue weighted by Gasteiger charge is 2.55. The molecule has 0 bridgehead atoms. The van der Waals surface area contributed by atoms with Crippen LogP contribution in [-0.4, -0.2) is 48.4 Å². The van der Waals surface area contributed by atoms with Crippen LogP contribution >= 0.6 is 56.7 Å². The van der Waals surface area contributed by atoms with Gasteiger partial charge in [-0.2, -0.15) is 71.1 Å². The van der Waals surface area contributed by atoms with Crippen molar-refractivity contribution in [3.8, 4) is 6.07 Å². The van der Waals surface area contributed by atoms with Crippen molar-refractivity contribution in [1.82, 2.24) is 0 Å². The second-order valence-corrected chi connectivity index (χ2v) is 5.50. The highest BCUT2D eigenvalue weighted by molar-refractivity contribution is 9.10. The van der Waals surface area contributed by atoms with Crippen molar-refractivity contribution in [3.63, 3.8) is 0 Å². The van der Waals surface area contributed by atoms with Gasteiger partial charge in [0.2, 0.25) is 6.08 Å². The minimum Gasteiger partial charge on any atom is -0.254 e. The monoisotopic (exact) mass is 800 g/mol. The summed E-state index contributed by atoms with van der Waals surface area (Å²) in [7, 11) is -3.67. The third-order valence-corrected chi connectivity index (χ3v) is 1.81. The Hall–Kier alpha value is -1.46. The minimum absolute atomic E-state index is 0. The predicted octanol–water partition coefficient (Wildman–Crippen LogP) is 10.0. The average Bonchev–Trinajstić information content (AvgIpc) is 2.59. The summed E-state index contributed by atoms with van der Waals surface area (Å²) in [5.41, 5.74) is 0. The summed E-state index contributed by atoms with van der Waals surface area (Å²) >= 11 is 8.36. The van der Waals surface area contributed by atoms with Crippen LogP contribution < -0.4 is 0 Å². The van der Waals surface area contributed by atoms with Crippen LogP contribution in [-0.2, 0) is 4.79 Å². The van der Waals surface area contributed by atoms with Crippen molar-refractivity contribution in [3.05, 3.63) is 11.4 Å². The molecule has 0 unspecified atom stereocenters. The molecular weight excluding hydrogens is 801 g/mol. The summed E-state index contributed by atoms with van der Waals surface area (Å²) in [6, 6.07) is 0.104. The number of aliphatic imine (C=N–C) groups is 1. The van der Waals surface area contributed by atoms with Crippen LogP contribution in [0, 0.1) is 11.3 Å². The lowest BCUT2D eigenvalue weighted by Gasteiger charge is -2.10. The maximum atomic E-state index is 11.0. The van der Waals surface area contributed by atoms with Gasteiger partial charge in [0, 0.05) is 15.9 Å². The Kier molecular flexibility index (Phi) is 33.6. The molecule has 0 rings (SSSR count). The van der Waals surface area contributed by atoms with Crippen molar-refractivity contribution >= 4 is 75.5 Å². The van der Waals surface area contributed by atoms with Gasteiger partial charge in [0.25, 0.3) is 10.4 Å². The molecule has 0 N–H and O–H groups in total. The first-order valence-electron chi connectivity index (χ1n) is 6.51. The lowest BCUT2D eigenvalue weighted by molar-refractivity contribution is -0.234. The number of rotatable bonds is 0. The number of hydrogen-bond donors (Lipinski definition) is 0. The van der Waals surface area contributed by atoms with E-state index in [2.05, 4.69) is 23.8 Å². The quantitative estimate of drug-likeness (QED) is 0.0359. The summed E-state index contributed by atoms with van der Waals surface area (Å²) in [5, 5.41) is 2.67. The number of alkyl halides is 15. The van der Waals surface area contributed by atoms with E-state index in [1.165, 1.54) is 4.99 Å². The van der Waals surface area contributed by atoms with Crippen LogP contribution in [0.2, 0.25) is 0 Å². The van der Waals surface area contributed by atoms with E-state index in [-0.39, 0.29) is 23.1 Å². The van der Waals surface area contributed by atoms with Gasteiger partial charge in [-0.1, -0.05) is 0 Å². The molecule has 234 valence electrons. The molecule has 0 saturated heterocycles. The molecule has 0 aromatic heterocycles. The molecule has 39 heavy (non-hydrogen) atoms. The first-order valence-corrected chi connectivity index (χ1v) is 8.09. The van der Waals surface area contributed by atoms with Crippen LogP contribution in [0.15, 0.2) is 16.4 Å². The van der Waals surface area contributed by atoms with Crippen LogP contribution in [0.5, 0.6) is 0 Å². The van der Waals surface area contributed by atoms with E-state index in [1.54, 1.807) is 0 Å². The van der Waals surface area contributed by atoms with Gasteiger partial charge in [-0.3, -0.25) is 12.9 Å². The maximum Gasteiger partial charge on any atom is 0.762 e. The average molecular weight is 802 g/mol. The second kappa shape index (κ2) is 24.4. The minimum atomic E-state index is -5.48. The van der Waals surface area contributed by atoms with Crippen molar-refractivity contribution in [2.75, 3.05) is 0 Å². The Morgan fingerprint density at radius 1 is 0.821 bits per heavy atom. The molecule has 0 fully saturated rings. The molecule has 0 spiro atoms. The molecule has 0 aromatic carbocycles. The molecule has 0 aliphatic rings. The van der Waals surface area contributed by atoms with Gasteiger partial charge in [0.15, 0.2) is 6.07 Å². The molecule has 0 aliphatic carbocycles. The Balaban J connectivity index is -0.0000000633. The zero-order valence-electron chi connectivity index (χ0n) is 16.4. The topological polar surface area (TPSA) is 53.2 Å². The first-order chi connectivity index (χ1) is 16.2. The van der Waals surface area contributed by atoms with Crippen LogP contribution in [0.25, 0.3) is 0 Å². The summed E-state index contributed by atoms with van der Waals surface area (Å²) in [5.74, 6) is 0. The SMILES string of the molecule is Br.FB(F)F.FC(=S)C(F)(F)F.FC(F)(F)C(F)(F)Br.FC(F)=C(F)Cl.N#CC(F)(F)F.O=C=NC(F)(F)F. The van der Waals surface area contributed by atoms with E-state index in [9.17, 15) is 92.0 Å².